The zero-order chi connectivity index (χ0) is 14.9. The highest BCUT2D eigenvalue weighted by Gasteiger charge is 2.32. The van der Waals surface area contributed by atoms with Crippen LogP contribution >= 0.6 is 15.9 Å². The molecule has 0 aliphatic heterocycles. The monoisotopic (exact) mass is 344 g/mol. The number of halogens is 4. The quantitative estimate of drug-likeness (QED) is 0.846. The Labute approximate surface area is 121 Å². The van der Waals surface area contributed by atoms with Crippen molar-refractivity contribution in [3.63, 3.8) is 0 Å². The van der Waals surface area contributed by atoms with E-state index in [0.717, 1.165) is 6.07 Å². The fourth-order valence-corrected chi connectivity index (χ4v) is 2.33. The van der Waals surface area contributed by atoms with E-state index in [4.69, 9.17) is 5.11 Å². The SMILES string of the molecule is O=C(O)c1ccc(-c2ccc(C(F)(F)F)c(Br)c2)cc1. The first kappa shape index (κ1) is 14.6. The normalized spacial score (nSPS) is 11.4. The first-order chi connectivity index (χ1) is 9.29. The number of rotatable bonds is 2. The molecule has 0 spiro atoms. The zero-order valence-electron chi connectivity index (χ0n) is 9.91. The van der Waals surface area contributed by atoms with E-state index >= 15 is 0 Å². The van der Waals surface area contributed by atoms with Crippen molar-refractivity contribution in [1.29, 1.82) is 0 Å². The van der Waals surface area contributed by atoms with Gasteiger partial charge in [-0.1, -0.05) is 34.1 Å². The lowest BCUT2D eigenvalue weighted by Crippen LogP contribution is -2.05. The number of hydrogen-bond acceptors (Lipinski definition) is 1. The average Bonchev–Trinajstić information content (AvgIpc) is 2.37. The van der Waals surface area contributed by atoms with Gasteiger partial charge < -0.3 is 5.11 Å². The summed E-state index contributed by atoms with van der Waals surface area (Å²) in [5.74, 6) is -1.05. The molecule has 20 heavy (non-hydrogen) atoms. The molecule has 2 nitrogen and oxygen atoms in total. The van der Waals surface area contributed by atoms with Crippen molar-refractivity contribution >= 4 is 21.9 Å². The zero-order valence-corrected chi connectivity index (χ0v) is 11.5. The van der Waals surface area contributed by atoms with Crippen LogP contribution in [0.5, 0.6) is 0 Å². The molecule has 0 saturated heterocycles. The van der Waals surface area contributed by atoms with Gasteiger partial charge in [0.15, 0.2) is 0 Å². The predicted octanol–water partition coefficient (Wildman–Crippen LogP) is 4.83. The van der Waals surface area contributed by atoms with E-state index in [0.29, 0.717) is 11.1 Å². The summed E-state index contributed by atoms with van der Waals surface area (Å²) in [5.41, 5.74) is 0.592. The molecule has 1 N–H and O–H groups in total. The molecule has 0 unspecified atom stereocenters. The van der Waals surface area contributed by atoms with Gasteiger partial charge in [-0.15, -0.1) is 0 Å². The highest BCUT2D eigenvalue weighted by molar-refractivity contribution is 9.10. The standard InChI is InChI=1S/C14H8BrF3O2/c15-12-7-10(5-6-11(12)14(16,17)18)8-1-3-9(4-2-8)13(19)20/h1-7H,(H,19,20). The van der Waals surface area contributed by atoms with Gasteiger partial charge in [0, 0.05) is 4.47 Å². The van der Waals surface area contributed by atoms with Crippen LogP contribution in [-0.4, -0.2) is 11.1 Å². The smallest absolute Gasteiger partial charge is 0.417 e. The summed E-state index contributed by atoms with van der Waals surface area (Å²) in [6.07, 6.45) is -4.41. The summed E-state index contributed by atoms with van der Waals surface area (Å²) in [5, 5.41) is 8.78. The molecule has 2 aromatic rings. The number of alkyl halides is 3. The van der Waals surface area contributed by atoms with Gasteiger partial charge in [-0.2, -0.15) is 13.2 Å². The molecule has 0 heterocycles. The molecule has 0 atom stereocenters. The Kier molecular flexibility index (Phi) is 3.85. The van der Waals surface area contributed by atoms with E-state index in [1.54, 1.807) is 12.1 Å². The molecule has 2 aromatic carbocycles. The Morgan fingerprint density at radius 2 is 1.55 bits per heavy atom. The lowest BCUT2D eigenvalue weighted by atomic mass is 10.0. The third-order valence-corrected chi connectivity index (χ3v) is 3.40. The predicted molar refractivity (Wildman–Crippen MR) is 71.5 cm³/mol. The highest BCUT2D eigenvalue weighted by Crippen LogP contribution is 2.36. The number of carboxylic acids is 1. The molecular weight excluding hydrogens is 337 g/mol. The molecular formula is C14H8BrF3O2. The molecule has 104 valence electrons. The summed E-state index contributed by atoms with van der Waals surface area (Å²) in [4.78, 5) is 10.7. The fraction of sp³-hybridized carbons (Fsp3) is 0.0714. The van der Waals surface area contributed by atoms with Gasteiger partial charge in [-0.3, -0.25) is 0 Å². The van der Waals surface area contributed by atoms with Crippen LogP contribution < -0.4 is 0 Å². The molecule has 0 aliphatic rings. The molecule has 0 fully saturated rings. The topological polar surface area (TPSA) is 37.3 Å². The maximum absolute atomic E-state index is 12.6. The van der Waals surface area contributed by atoms with Gasteiger partial charge in [0.05, 0.1) is 11.1 Å². The van der Waals surface area contributed by atoms with E-state index in [9.17, 15) is 18.0 Å². The van der Waals surface area contributed by atoms with Crippen molar-refractivity contribution in [3.8, 4) is 11.1 Å². The Bertz CT molecular complexity index is 648. The molecule has 0 aromatic heterocycles. The van der Waals surface area contributed by atoms with Crippen molar-refractivity contribution in [2.75, 3.05) is 0 Å². The molecule has 0 amide bonds. The molecule has 0 radical (unpaired) electrons. The molecule has 6 heteroatoms. The van der Waals surface area contributed by atoms with Crippen molar-refractivity contribution in [3.05, 3.63) is 58.1 Å². The van der Waals surface area contributed by atoms with Crippen LogP contribution in [0, 0.1) is 0 Å². The van der Waals surface area contributed by atoms with Crippen molar-refractivity contribution in [2.24, 2.45) is 0 Å². The van der Waals surface area contributed by atoms with Crippen LogP contribution in [0.4, 0.5) is 13.2 Å². The van der Waals surface area contributed by atoms with Crippen molar-refractivity contribution in [1.82, 2.24) is 0 Å². The molecule has 0 saturated carbocycles. The second-order valence-electron chi connectivity index (χ2n) is 4.07. The van der Waals surface area contributed by atoms with E-state index < -0.39 is 17.7 Å². The molecule has 2 rings (SSSR count). The second kappa shape index (κ2) is 5.28. The van der Waals surface area contributed by atoms with Crippen LogP contribution in [0.2, 0.25) is 0 Å². The average molecular weight is 345 g/mol. The van der Waals surface area contributed by atoms with Gasteiger partial charge in [-0.05, 0) is 35.4 Å². The molecule has 0 bridgehead atoms. The largest absolute Gasteiger partial charge is 0.478 e. The van der Waals surface area contributed by atoms with Gasteiger partial charge in [0.2, 0.25) is 0 Å². The van der Waals surface area contributed by atoms with E-state index in [1.165, 1.54) is 24.3 Å². The summed E-state index contributed by atoms with van der Waals surface area (Å²) >= 11 is 2.90. The van der Waals surface area contributed by atoms with Gasteiger partial charge in [0.25, 0.3) is 0 Å². The Morgan fingerprint density at radius 3 is 2.00 bits per heavy atom. The molecule has 0 aliphatic carbocycles. The number of carboxylic acid groups (broad SMARTS) is 1. The maximum atomic E-state index is 12.6. The first-order valence-electron chi connectivity index (χ1n) is 5.49. The van der Waals surface area contributed by atoms with Gasteiger partial charge >= 0.3 is 12.1 Å². The second-order valence-corrected chi connectivity index (χ2v) is 4.93. The summed E-state index contributed by atoms with van der Waals surface area (Å²) in [6.45, 7) is 0. The van der Waals surface area contributed by atoms with Gasteiger partial charge in [0.1, 0.15) is 0 Å². The third kappa shape index (κ3) is 3.01. The van der Waals surface area contributed by atoms with E-state index in [2.05, 4.69) is 15.9 Å². The number of aromatic carboxylic acids is 1. The summed E-state index contributed by atoms with van der Waals surface area (Å²) < 4.78 is 37.8. The maximum Gasteiger partial charge on any atom is 0.417 e. The van der Waals surface area contributed by atoms with Crippen molar-refractivity contribution in [2.45, 2.75) is 6.18 Å². The summed E-state index contributed by atoms with van der Waals surface area (Å²) in [7, 11) is 0. The van der Waals surface area contributed by atoms with E-state index in [1.807, 2.05) is 0 Å². The Morgan fingerprint density at radius 1 is 1.00 bits per heavy atom. The van der Waals surface area contributed by atoms with Gasteiger partial charge in [-0.25, -0.2) is 4.79 Å². The minimum Gasteiger partial charge on any atom is -0.478 e. The number of hydrogen-bond donors (Lipinski definition) is 1. The Balaban J connectivity index is 2.39. The van der Waals surface area contributed by atoms with Crippen LogP contribution in [0.15, 0.2) is 46.9 Å². The van der Waals surface area contributed by atoms with Crippen LogP contribution in [-0.2, 0) is 6.18 Å². The van der Waals surface area contributed by atoms with Crippen LogP contribution in [0.1, 0.15) is 15.9 Å². The first-order valence-corrected chi connectivity index (χ1v) is 6.29. The van der Waals surface area contributed by atoms with E-state index in [-0.39, 0.29) is 10.0 Å². The minimum absolute atomic E-state index is 0.0511. The lowest BCUT2D eigenvalue weighted by Gasteiger charge is -2.10. The third-order valence-electron chi connectivity index (χ3n) is 2.74. The fourth-order valence-electron chi connectivity index (χ4n) is 1.73. The Hall–Kier alpha value is -1.82. The highest BCUT2D eigenvalue weighted by atomic mass is 79.9. The lowest BCUT2D eigenvalue weighted by molar-refractivity contribution is -0.138. The van der Waals surface area contributed by atoms with Crippen LogP contribution in [0.3, 0.4) is 0 Å². The number of benzene rings is 2. The van der Waals surface area contributed by atoms with Crippen LogP contribution in [0.25, 0.3) is 11.1 Å². The number of carbonyl (C=O) groups is 1. The van der Waals surface area contributed by atoms with Crippen molar-refractivity contribution < 1.29 is 23.1 Å². The summed E-state index contributed by atoms with van der Waals surface area (Å²) in [6, 6.07) is 9.62. The minimum atomic E-state index is -4.41.